The van der Waals surface area contributed by atoms with Crippen molar-refractivity contribution in [2.75, 3.05) is 13.1 Å². The molecule has 160 valence electrons. The SMILES string of the molecule is CCc1[nH]cc2c1N=C1CNCC(=O)C1C2c1cccc(Oc2nc3ccccc3[nH]2)c1. The number of nitrogens with one attached hydrogen (secondary N) is 3. The second kappa shape index (κ2) is 7.46. The molecule has 0 bridgehead atoms. The lowest BCUT2D eigenvalue weighted by atomic mass is 9.73. The van der Waals surface area contributed by atoms with Crippen molar-refractivity contribution in [3.05, 3.63) is 71.5 Å². The number of aryl methyl sites for hydroxylation is 1. The molecule has 4 heterocycles. The molecule has 0 radical (unpaired) electrons. The zero-order valence-corrected chi connectivity index (χ0v) is 17.7. The molecule has 7 heteroatoms. The van der Waals surface area contributed by atoms with Crippen molar-refractivity contribution in [3.8, 4) is 11.8 Å². The largest absolute Gasteiger partial charge is 0.426 e. The van der Waals surface area contributed by atoms with Gasteiger partial charge in [-0.15, -0.1) is 0 Å². The van der Waals surface area contributed by atoms with Gasteiger partial charge in [0.15, 0.2) is 5.78 Å². The van der Waals surface area contributed by atoms with Crippen LogP contribution < -0.4 is 10.1 Å². The number of imidazole rings is 1. The number of aromatic amines is 2. The number of rotatable bonds is 4. The van der Waals surface area contributed by atoms with Crippen LogP contribution in [0.5, 0.6) is 11.8 Å². The van der Waals surface area contributed by atoms with Gasteiger partial charge in [-0.3, -0.25) is 9.79 Å². The molecule has 4 aromatic rings. The van der Waals surface area contributed by atoms with Gasteiger partial charge in [-0.2, -0.15) is 4.98 Å². The second-order valence-electron chi connectivity index (χ2n) is 8.29. The van der Waals surface area contributed by atoms with Crippen molar-refractivity contribution in [2.24, 2.45) is 10.9 Å². The molecule has 2 aromatic heterocycles. The highest BCUT2D eigenvalue weighted by Crippen LogP contribution is 2.45. The van der Waals surface area contributed by atoms with Crippen LogP contribution in [0.25, 0.3) is 11.0 Å². The van der Waals surface area contributed by atoms with Gasteiger partial charge in [0.1, 0.15) is 5.75 Å². The van der Waals surface area contributed by atoms with Gasteiger partial charge in [0.05, 0.1) is 29.2 Å². The Morgan fingerprint density at radius 2 is 2.00 bits per heavy atom. The number of carbonyl (C=O) groups excluding carboxylic acids is 1. The van der Waals surface area contributed by atoms with Gasteiger partial charge in [-0.05, 0) is 36.2 Å². The number of nitrogens with zero attached hydrogens (tertiary/aromatic N) is 2. The smallest absolute Gasteiger partial charge is 0.300 e. The summed E-state index contributed by atoms with van der Waals surface area (Å²) < 4.78 is 6.07. The first-order valence-electron chi connectivity index (χ1n) is 10.9. The molecule has 1 saturated heterocycles. The lowest BCUT2D eigenvalue weighted by Gasteiger charge is -2.34. The molecule has 3 N–H and O–H groups in total. The molecule has 32 heavy (non-hydrogen) atoms. The Balaban J connectivity index is 1.41. The topological polar surface area (TPSA) is 95.2 Å². The maximum Gasteiger partial charge on any atom is 0.300 e. The van der Waals surface area contributed by atoms with E-state index in [0.29, 0.717) is 24.8 Å². The molecular weight excluding hydrogens is 402 g/mol. The van der Waals surface area contributed by atoms with Crippen LogP contribution in [0.4, 0.5) is 5.69 Å². The predicted molar refractivity (Wildman–Crippen MR) is 123 cm³/mol. The number of hydrogen-bond donors (Lipinski definition) is 3. The third-order valence-electron chi connectivity index (χ3n) is 6.35. The third kappa shape index (κ3) is 3.05. The Morgan fingerprint density at radius 1 is 1.09 bits per heavy atom. The van der Waals surface area contributed by atoms with E-state index in [0.717, 1.165) is 45.7 Å². The highest BCUT2D eigenvalue weighted by atomic mass is 16.5. The van der Waals surface area contributed by atoms with Gasteiger partial charge in [0, 0.05) is 35.6 Å². The number of para-hydroxylation sites is 2. The number of hydrogen-bond acceptors (Lipinski definition) is 5. The number of ketones is 1. The van der Waals surface area contributed by atoms with Crippen molar-refractivity contribution in [1.82, 2.24) is 20.3 Å². The fraction of sp³-hybridized carbons (Fsp3) is 0.240. The van der Waals surface area contributed by atoms with E-state index < -0.39 is 0 Å². The number of benzene rings is 2. The maximum absolute atomic E-state index is 13.0. The minimum absolute atomic E-state index is 0.0946. The Labute approximate surface area is 184 Å². The van der Waals surface area contributed by atoms with E-state index in [1.54, 1.807) is 0 Å². The number of piperidine rings is 1. The highest BCUT2D eigenvalue weighted by Gasteiger charge is 2.41. The number of carbonyl (C=O) groups is 1. The van der Waals surface area contributed by atoms with E-state index in [1.807, 2.05) is 48.7 Å². The van der Waals surface area contributed by atoms with Crippen molar-refractivity contribution in [3.63, 3.8) is 0 Å². The molecule has 2 unspecified atom stereocenters. The van der Waals surface area contributed by atoms with Crippen LogP contribution >= 0.6 is 0 Å². The molecule has 1 fully saturated rings. The molecule has 0 amide bonds. The van der Waals surface area contributed by atoms with E-state index in [-0.39, 0.29) is 17.6 Å². The van der Waals surface area contributed by atoms with Crippen molar-refractivity contribution in [1.29, 1.82) is 0 Å². The third-order valence-corrected chi connectivity index (χ3v) is 6.35. The average molecular weight is 425 g/mol. The van der Waals surface area contributed by atoms with Crippen LogP contribution in [0.1, 0.15) is 29.7 Å². The normalized spacial score (nSPS) is 20.0. The molecule has 2 aliphatic rings. The predicted octanol–water partition coefficient (Wildman–Crippen LogP) is 4.25. The van der Waals surface area contributed by atoms with Crippen LogP contribution in [0.3, 0.4) is 0 Å². The Hall–Kier alpha value is -3.71. The summed E-state index contributed by atoms with van der Waals surface area (Å²) in [6.45, 7) is 3.12. The van der Waals surface area contributed by atoms with E-state index in [4.69, 9.17) is 9.73 Å². The number of H-pyrrole nitrogens is 2. The monoisotopic (exact) mass is 425 g/mol. The zero-order chi connectivity index (χ0) is 21.7. The summed E-state index contributed by atoms with van der Waals surface area (Å²) in [5.41, 5.74) is 6.89. The minimum atomic E-state index is -0.259. The first-order chi connectivity index (χ1) is 15.7. The number of aromatic nitrogens is 3. The van der Waals surface area contributed by atoms with E-state index in [2.05, 4.69) is 33.3 Å². The van der Waals surface area contributed by atoms with Crippen molar-refractivity contribution >= 4 is 28.2 Å². The summed E-state index contributed by atoms with van der Waals surface area (Å²) in [7, 11) is 0. The summed E-state index contributed by atoms with van der Waals surface area (Å²) in [6.07, 6.45) is 2.88. The summed E-state index contributed by atoms with van der Waals surface area (Å²) in [4.78, 5) is 29.0. The summed E-state index contributed by atoms with van der Waals surface area (Å²) in [6, 6.07) is 16.2. The van der Waals surface area contributed by atoms with Crippen LogP contribution in [-0.4, -0.2) is 39.5 Å². The number of fused-ring (bicyclic) bond motifs is 3. The lowest BCUT2D eigenvalue weighted by Crippen LogP contribution is -2.48. The second-order valence-corrected chi connectivity index (χ2v) is 8.29. The van der Waals surface area contributed by atoms with Crippen LogP contribution in [0.15, 0.2) is 59.7 Å². The fourth-order valence-electron chi connectivity index (χ4n) is 4.88. The lowest BCUT2D eigenvalue weighted by molar-refractivity contribution is -0.120. The molecular formula is C25H23N5O2. The van der Waals surface area contributed by atoms with Crippen molar-refractivity contribution < 1.29 is 9.53 Å². The standard InChI is InChI=1S/C25H23N5O2/c1-2-17-24-16(11-27-17)22(23-20(28-24)12-26-13-21(23)31)14-6-5-7-15(10-14)32-25-29-18-8-3-4-9-19(18)30-25/h3-11,22-23,26-27H,2,12-13H2,1H3,(H,29,30). The van der Waals surface area contributed by atoms with Gasteiger partial charge in [-0.1, -0.05) is 31.2 Å². The van der Waals surface area contributed by atoms with Gasteiger partial charge < -0.3 is 20.0 Å². The maximum atomic E-state index is 13.0. The van der Waals surface area contributed by atoms with E-state index >= 15 is 0 Å². The molecule has 2 aromatic carbocycles. The van der Waals surface area contributed by atoms with Gasteiger partial charge in [0.25, 0.3) is 6.01 Å². The number of aliphatic imine (C=N–C) groups is 1. The number of Topliss-reactive ketones (excluding diaryl/α,β-unsaturated/α-hetero) is 1. The van der Waals surface area contributed by atoms with Gasteiger partial charge in [-0.25, -0.2) is 0 Å². The summed E-state index contributed by atoms with van der Waals surface area (Å²) in [5, 5.41) is 3.20. The van der Waals surface area contributed by atoms with Crippen LogP contribution in [0, 0.1) is 5.92 Å². The zero-order valence-electron chi connectivity index (χ0n) is 17.7. The summed E-state index contributed by atoms with van der Waals surface area (Å²) in [5.74, 6) is 0.502. The molecule has 6 rings (SSSR count). The quantitative estimate of drug-likeness (QED) is 0.455. The van der Waals surface area contributed by atoms with Crippen LogP contribution in [-0.2, 0) is 11.2 Å². The molecule has 2 atom stereocenters. The Bertz CT molecular complexity index is 1330. The van der Waals surface area contributed by atoms with E-state index in [1.165, 1.54) is 0 Å². The minimum Gasteiger partial charge on any atom is -0.426 e. The summed E-state index contributed by atoms with van der Waals surface area (Å²) >= 11 is 0. The Kier molecular flexibility index (Phi) is 4.43. The van der Waals surface area contributed by atoms with Gasteiger partial charge >= 0.3 is 0 Å². The fourth-order valence-corrected chi connectivity index (χ4v) is 4.88. The molecule has 2 aliphatic heterocycles. The molecule has 0 saturated carbocycles. The molecule has 0 spiro atoms. The first kappa shape index (κ1) is 19.0. The van der Waals surface area contributed by atoms with Crippen molar-refractivity contribution in [2.45, 2.75) is 19.3 Å². The first-order valence-corrected chi connectivity index (χ1v) is 10.9. The van der Waals surface area contributed by atoms with Crippen LogP contribution in [0.2, 0.25) is 0 Å². The molecule has 7 nitrogen and oxygen atoms in total. The average Bonchev–Trinajstić information content (AvgIpc) is 3.41. The Morgan fingerprint density at radius 3 is 2.88 bits per heavy atom. The number of ether oxygens (including phenoxy) is 1. The van der Waals surface area contributed by atoms with E-state index in [9.17, 15) is 4.79 Å². The molecule has 0 aliphatic carbocycles. The highest BCUT2D eigenvalue weighted by molar-refractivity contribution is 6.12. The van der Waals surface area contributed by atoms with Gasteiger partial charge in [0.2, 0.25) is 0 Å².